The number of nitrogens with one attached hydrogen (secondary N) is 1. The van der Waals surface area contributed by atoms with Crippen LogP contribution in [-0.4, -0.2) is 10.9 Å². The Kier molecular flexibility index (Phi) is 3.12. The van der Waals surface area contributed by atoms with Crippen molar-refractivity contribution in [1.29, 1.82) is 0 Å². The molecule has 3 aromatic rings. The Hall–Kier alpha value is -1.66. The number of amides is 1. The first-order chi connectivity index (χ1) is 9.15. The van der Waals surface area contributed by atoms with Crippen LogP contribution in [0.4, 0.5) is 5.69 Å². The van der Waals surface area contributed by atoms with Crippen molar-refractivity contribution in [3.8, 4) is 0 Å². The van der Waals surface area contributed by atoms with Gasteiger partial charge in [0.2, 0.25) is 0 Å². The number of carbonyl (C=O) groups excluding carboxylic acids is 1. The molecule has 1 aromatic carbocycles. The van der Waals surface area contributed by atoms with E-state index in [4.69, 9.17) is 4.42 Å². The topological polar surface area (TPSA) is 55.1 Å². The third-order valence-electron chi connectivity index (χ3n) is 2.60. The lowest BCUT2D eigenvalue weighted by Gasteiger charge is -2.06. The molecule has 4 nitrogen and oxygen atoms in total. The van der Waals surface area contributed by atoms with Crippen LogP contribution >= 0.6 is 27.3 Å². The summed E-state index contributed by atoms with van der Waals surface area (Å²) in [5.74, 6) is 0.0127. The maximum atomic E-state index is 11.9. The molecule has 0 saturated heterocycles. The molecular weight excluding hydrogens is 328 g/mol. The second-order valence-electron chi connectivity index (χ2n) is 3.94. The molecule has 0 unspecified atom stereocenters. The number of nitrogens with zero attached hydrogens (tertiary/aromatic N) is 1. The molecule has 96 valence electrons. The fourth-order valence-electron chi connectivity index (χ4n) is 1.76. The van der Waals surface area contributed by atoms with Gasteiger partial charge in [-0.3, -0.25) is 4.79 Å². The normalized spacial score (nSPS) is 10.8. The number of furan rings is 1. The minimum atomic E-state index is -0.272. The number of benzene rings is 1. The van der Waals surface area contributed by atoms with Crippen molar-refractivity contribution in [2.24, 2.45) is 0 Å². The maximum Gasteiger partial charge on any atom is 0.291 e. The summed E-state index contributed by atoms with van der Waals surface area (Å²) >= 11 is 5.10. The lowest BCUT2D eigenvalue weighted by molar-refractivity contribution is 0.0996. The van der Waals surface area contributed by atoms with Crippen LogP contribution in [0.5, 0.6) is 0 Å². The van der Waals surface area contributed by atoms with Crippen LogP contribution < -0.4 is 5.32 Å². The van der Waals surface area contributed by atoms with Crippen molar-refractivity contribution >= 4 is 49.1 Å². The molecule has 0 saturated carbocycles. The molecule has 0 aliphatic heterocycles. The van der Waals surface area contributed by atoms with Gasteiger partial charge in [0.05, 0.1) is 31.6 Å². The molecule has 1 amide bonds. The lowest BCUT2D eigenvalue weighted by atomic mass is 10.3. The van der Waals surface area contributed by atoms with Gasteiger partial charge in [0.1, 0.15) is 0 Å². The second-order valence-corrected chi connectivity index (χ2v) is 5.94. The van der Waals surface area contributed by atoms with Gasteiger partial charge in [-0.2, -0.15) is 0 Å². The fourth-order valence-corrected chi connectivity index (χ4v) is 3.29. The van der Waals surface area contributed by atoms with E-state index in [9.17, 15) is 4.79 Å². The van der Waals surface area contributed by atoms with Crippen molar-refractivity contribution < 1.29 is 9.21 Å². The highest BCUT2D eigenvalue weighted by Gasteiger charge is 2.13. The summed E-state index contributed by atoms with van der Waals surface area (Å²) in [6.07, 6.45) is 1.47. The number of carbonyl (C=O) groups is 1. The van der Waals surface area contributed by atoms with E-state index in [1.807, 2.05) is 19.1 Å². The maximum absolute atomic E-state index is 11.9. The highest BCUT2D eigenvalue weighted by molar-refractivity contribution is 9.10. The molecule has 0 radical (unpaired) electrons. The van der Waals surface area contributed by atoms with Crippen molar-refractivity contribution in [3.05, 3.63) is 45.8 Å². The third-order valence-corrected chi connectivity index (χ3v) is 4.69. The summed E-state index contributed by atoms with van der Waals surface area (Å²) in [4.78, 5) is 16.3. The minimum absolute atomic E-state index is 0.272. The Labute approximate surface area is 121 Å². The standard InChI is InChI=1S/C13H9BrN2O2S/c1-7-15-9-5-4-8(11(14)12(9)19-7)16-13(17)10-3-2-6-18-10/h2-6H,1H3,(H,16,17). The van der Waals surface area contributed by atoms with E-state index < -0.39 is 0 Å². The first-order valence-electron chi connectivity index (χ1n) is 5.55. The molecule has 1 N–H and O–H groups in total. The SMILES string of the molecule is Cc1nc2ccc(NC(=O)c3ccco3)c(Br)c2s1. The van der Waals surface area contributed by atoms with E-state index in [1.54, 1.807) is 23.5 Å². The largest absolute Gasteiger partial charge is 0.459 e. The summed E-state index contributed by atoms with van der Waals surface area (Å²) in [5, 5.41) is 3.80. The van der Waals surface area contributed by atoms with Crippen molar-refractivity contribution in [3.63, 3.8) is 0 Å². The molecule has 0 bridgehead atoms. The van der Waals surface area contributed by atoms with E-state index in [0.717, 1.165) is 19.7 Å². The average molecular weight is 337 g/mol. The summed E-state index contributed by atoms with van der Waals surface area (Å²) < 4.78 is 6.93. The molecule has 2 heterocycles. The van der Waals surface area contributed by atoms with E-state index >= 15 is 0 Å². The van der Waals surface area contributed by atoms with Crippen LogP contribution in [0.25, 0.3) is 10.2 Å². The van der Waals surface area contributed by atoms with Gasteiger partial charge in [0.15, 0.2) is 5.76 Å². The number of hydrogen-bond acceptors (Lipinski definition) is 4. The Morgan fingerprint density at radius 3 is 3.00 bits per heavy atom. The smallest absolute Gasteiger partial charge is 0.291 e. The average Bonchev–Trinajstić information content (AvgIpc) is 3.01. The van der Waals surface area contributed by atoms with E-state index in [1.165, 1.54) is 6.26 Å². The number of thiazole rings is 1. The van der Waals surface area contributed by atoms with Gasteiger partial charge >= 0.3 is 0 Å². The number of rotatable bonds is 2. The molecular formula is C13H9BrN2O2S. The Morgan fingerprint density at radius 2 is 2.26 bits per heavy atom. The molecule has 19 heavy (non-hydrogen) atoms. The lowest BCUT2D eigenvalue weighted by Crippen LogP contribution is -2.11. The highest BCUT2D eigenvalue weighted by Crippen LogP contribution is 2.35. The molecule has 0 atom stereocenters. The monoisotopic (exact) mass is 336 g/mol. The molecule has 2 aromatic heterocycles. The van der Waals surface area contributed by atoms with Crippen LogP contribution in [0.2, 0.25) is 0 Å². The quantitative estimate of drug-likeness (QED) is 0.762. The zero-order valence-corrected chi connectivity index (χ0v) is 12.3. The zero-order chi connectivity index (χ0) is 13.4. The van der Waals surface area contributed by atoms with E-state index in [2.05, 4.69) is 26.2 Å². The fraction of sp³-hybridized carbons (Fsp3) is 0.0769. The minimum Gasteiger partial charge on any atom is -0.459 e. The Bertz CT molecular complexity index is 749. The van der Waals surface area contributed by atoms with Gasteiger partial charge in [0, 0.05) is 0 Å². The first kappa shape index (κ1) is 12.4. The Balaban J connectivity index is 1.97. The molecule has 0 spiro atoms. The van der Waals surface area contributed by atoms with Crippen LogP contribution in [0.1, 0.15) is 15.6 Å². The number of halogens is 1. The van der Waals surface area contributed by atoms with Gasteiger partial charge in [-0.25, -0.2) is 4.98 Å². The number of aromatic nitrogens is 1. The second kappa shape index (κ2) is 4.79. The molecule has 0 aliphatic carbocycles. The predicted octanol–water partition coefficient (Wildman–Crippen LogP) is 4.21. The number of fused-ring (bicyclic) bond motifs is 1. The first-order valence-corrected chi connectivity index (χ1v) is 7.16. The number of anilines is 1. The molecule has 6 heteroatoms. The summed E-state index contributed by atoms with van der Waals surface area (Å²) in [6, 6.07) is 7.02. The van der Waals surface area contributed by atoms with Crippen molar-refractivity contribution in [2.75, 3.05) is 5.32 Å². The highest BCUT2D eigenvalue weighted by atomic mass is 79.9. The van der Waals surface area contributed by atoms with Crippen LogP contribution in [0.15, 0.2) is 39.4 Å². The Morgan fingerprint density at radius 1 is 1.42 bits per heavy atom. The van der Waals surface area contributed by atoms with E-state index in [-0.39, 0.29) is 11.7 Å². The van der Waals surface area contributed by atoms with Gasteiger partial charge < -0.3 is 9.73 Å². The number of aryl methyl sites for hydroxylation is 1. The van der Waals surface area contributed by atoms with Crippen LogP contribution in [0, 0.1) is 6.92 Å². The zero-order valence-electron chi connectivity index (χ0n) is 9.94. The van der Waals surface area contributed by atoms with Crippen LogP contribution in [-0.2, 0) is 0 Å². The molecule has 0 aliphatic rings. The van der Waals surface area contributed by atoms with Gasteiger partial charge in [-0.05, 0) is 47.1 Å². The molecule has 3 rings (SSSR count). The summed E-state index contributed by atoms with van der Waals surface area (Å²) in [7, 11) is 0. The van der Waals surface area contributed by atoms with Gasteiger partial charge in [0.25, 0.3) is 5.91 Å². The number of hydrogen-bond donors (Lipinski definition) is 1. The molecule has 0 fully saturated rings. The van der Waals surface area contributed by atoms with Crippen molar-refractivity contribution in [1.82, 2.24) is 4.98 Å². The van der Waals surface area contributed by atoms with E-state index in [0.29, 0.717) is 5.69 Å². The summed E-state index contributed by atoms with van der Waals surface area (Å²) in [5.41, 5.74) is 1.63. The van der Waals surface area contributed by atoms with Gasteiger partial charge in [-0.15, -0.1) is 11.3 Å². The van der Waals surface area contributed by atoms with Crippen molar-refractivity contribution in [2.45, 2.75) is 6.92 Å². The van der Waals surface area contributed by atoms with Gasteiger partial charge in [-0.1, -0.05) is 0 Å². The third kappa shape index (κ3) is 2.29. The predicted molar refractivity (Wildman–Crippen MR) is 78.7 cm³/mol. The summed E-state index contributed by atoms with van der Waals surface area (Å²) in [6.45, 7) is 1.96. The van der Waals surface area contributed by atoms with Crippen LogP contribution in [0.3, 0.4) is 0 Å².